The molecule has 0 aromatic heterocycles. The largest absolute Gasteiger partial charge is 0.374 e. The van der Waals surface area contributed by atoms with Crippen LogP contribution >= 0.6 is 0 Å². The Morgan fingerprint density at radius 1 is 1.32 bits per heavy atom. The summed E-state index contributed by atoms with van der Waals surface area (Å²) in [4.78, 5) is 11.8. The Bertz CT molecular complexity index is 434. The molecule has 1 aromatic carbocycles. The molecular formula is C15H21N3O. The average Bonchev–Trinajstić information content (AvgIpc) is 2.44. The minimum absolute atomic E-state index is 0.000429. The number of carbonyl (C=O) groups excluding carboxylic acids is 1. The number of benzene rings is 1. The van der Waals surface area contributed by atoms with E-state index >= 15 is 0 Å². The van der Waals surface area contributed by atoms with Crippen molar-refractivity contribution in [3.8, 4) is 6.07 Å². The molecule has 1 rings (SSSR count). The first-order valence-electron chi connectivity index (χ1n) is 6.71. The van der Waals surface area contributed by atoms with Crippen LogP contribution in [0.2, 0.25) is 0 Å². The maximum Gasteiger partial charge on any atom is 0.242 e. The van der Waals surface area contributed by atoms with Gasteiger partial charge in [0.25, 0.3) is 0 Å². The lowest BCUT2D eigenvalue weighted by Crippen LogP contribution is -2.38. The fourth-order valence-electron chi connectivity index (χ4n) is 1.70. The Hall–Kier alpha value is -2.02. The van der Waals surface area contributed by atoms with E-state index in [0.717, 1.165) is 31.5 Å². The molecule has 0 saturated carbocycles. The van der Waals surface area contributed by atoms with Crippen LogP contribution in [0.4, 0.5) is 5.69 Å². The van der Waals surface area contributed by atoms with Crippen molar-refractivity contribution in [3.05, 3.63) is 29.8 Å². The van der Waals surface area contributed by atoms with Crippen LogP contribution in [-0.4, -0.2) is 18.5 Å². The summed E-state index contributed by atoms with van der Waals surface area (Å²) in [6, 6.07) is 8.85. The van der Waals surface area contributed by atoms with Gasteiger partial charge in [-0.05, 0) is 37.6 Å². The first-order chi connectivity index (χ1) is 9.17. The number of rotatable bonds is 7. The van der Waals surface area contributed by atoms with Gasteiger partial charge in [-0.1, -0.05) is 19.8 Å². The number of carbonyl (C=O) groups is 1. The van der Waals surface area contributed by atoms with Crippen molar-refractivity contribution >= 4 is 11.6 Å². The summed E-state index contributed by atoms with van der Waals surface area (Å²) in [6.45, 7) is 4.69. The van der Waals surface area contributed by atoms with Crippen molar-refractivity contribution in [2.75, 3.05) is 11.9 Å². The van der Waals surface area contributed by atoms with Crippen LogP contribution in [0.5, 0.6) is 0 Å². The van der Waals surface area contributed by atoms with Gasteiger partial charge in [0, 0.05) is 12.2 Å². The highest BCUT2D eigenvalue weighted by molar-refractivity contribution is 5.84. The summed E-state index contributed by atoms with van der Waals surface area (Å²) in [5, 5.41) is 14.7. The number of nitrogens with zero attached hydrogens (tertiary/aromatic N) is 1. The molecule has 1 amide bonds. The van der Waals surface area contributed by atoms with E-state index in [4.69, 9.17) is 5.26 Å². The van der Waals surface area contributed by atoms with Crippen molar-refractivity contribution in [2.45, 2.75) is 39.2 Å². The van der Waals surface area contributed by atoms with Crippen molar-refractivity contribution < 1.29 is 4.79 Å². The van der Waals surface area contributed by atoms with Gasteiger partial charge >= 0.3 is 0 Å². The molecule has 102 valence electrons. The highest BCUT2D eigenvalue weighted by Crippen LogP contribution is 2.10. The van der Waals surface area contributed by atoms with Crippen LogP contribution < -0.4 is 10.6 Å². The van der Waals surface area contributed by atoms with Crippen LogP contribution in [0.3, 0.4) is 0 Å². The molecule has 19 heavy (non-hydrogen) atoms. The Kier molecular flexibility index (Phi) is 6.45. The molecule has 0 fully saturated rings. The van der Waals surface area contributed by atoms with Gasteiger partial charge in [0.2, 0.25) is 5.91 Å². The van der Waals surface area contributed by atoms with Crippen LogP contribution in [0.25, 0.3) is 0 Å². The molecule has 0 aliphatic rings. The van der Waals surface area contributed by atoms with Crippen molar-refractivity contribution in [2.24, 2.45) is 0 Å². The predicted octanol–water partition coefficient (Wildman–Crippen LogP) is 2.67. The molecule has 1 aromatic rings. The fraction of sp³-hybridized carbons (Fsp3) is 0.467. The number of hydrogen-bond donors (Lipinski definition) is 2. The smallest absolute Gasteiger partial charge is 0.242 e. The molecule has 2 N–H and O–H groups in total. The molecular weight excluding hydrogens is 238 g/mol. The normalized spacial score (nSPS) is 11.4. The topological polar surface area (TPSA) is 64.9 Å². The fourth-order valence-corrected chi connectivity index (χ4v) is 1.70. The van der Waals surface area contributed by atoms with E-state index in [1.807, 2.05) is 6.92 Å². The summed E-state index contributed by atoms with van der Waals surface area (Å²) in [5.41, 5.74) is 1.46. The number of hydrogen-bond acceptors (Lipinski definition) is 3. The number of anilines is 1. The Balaban J connectivity index is 2.38. The van der Waals surface area contributed by atoms with Crippen molar-refractivity contribution in [1.29, 1.82) is 5.26 Å². The van der Waals surface area contributed by atoms with E-state index in [2.05, 4.69) is 23.6 Å². The number of unbranched alkanes of at least 4 members (excludes halogenated alkanes) is 2. The van der Waals surface area contributed by atoms with Gasteiger partial charge in [0.05, 0.1) is 11.6 Å². The van der Waals surface area contributed by atoms with Gasteiger partial charge in [-0.15, -0.1) is 0 Å². The van der Waals surface area contributed by atoms with Gasteiger partial charge in [0.1, 0.15) is 6.04 Å². The van der Waals surface area contributed by atoms with Crippen molar-refractivity contribution in [3.63, 3.8) is 0 Å². The van der Waals surface area contributed by atoms with E-state index in [1.165, 1.54) is 0 Å². The van der Waals surface area contributed by atoms with Gasteiger partial charge in [-0.25, -0.2) is 0 Å². The first-order valence-corrected chi connectivity index (χ1v) is 6.71. The third kappa shape index (κ3) is 5.43. The lowest BCUT2D eigenvalue weighted by Gasteiger charge is -2.15. The lowest BCUT2D eigenvalue weighted by atomic mass is 10.2. The van der Waals surface area contributed by atoms with Gasteiger partial charge in [-0.3, -0.25) is 4.79 Å². The zero-order chi connectivity index (χ0) is 14.1. The molecule has 4 nitrogen and oxygen atoms in total. The van der Waals surface area contributed by atoms with E-state index in [1.54, 1.807) is 24.3 Å². The van der Waals surface area contributed by atoms with Crippen LogP contribution in [-0.2, 0) is 4.79 Å². The molecule has 4 heteroatoms. The quantitative estimate of drug-likeness (QED) is 0.740. The zero-order valence-electron chi connectivity index (χ0n) is 11.6. The Morgan fingerprint density at radius 2 is 2.00 bits per heavy atom. The summed E-state index contributed by atoms with van der Waals surface area (Å²) in [7, 11) is 0. The molecule has 0 heterocycles. The molecule has 0 spiro atoms. The molecule has 0 aliphatic heterocycles. The highest BCUT2D eigenvalue weighted by Gasteiger charge is 2.11. The van der Waals surface area contributed by atoms with Gasteiger partial charge in [-0.2, -0.15) is 5.26 Å². The third-order valence-corrected chi connectivity index (χ3v) is 2.87. The van der Waals surface area contributed by atoms with E-state index in [0.29, 0.717) is 5.56 Å². The second kappa shape index (κ2) is 8.15. The summed E-state index contributed by atoms with van der Waals surface area (Å²) < 4.78 is 0. The summed E-state index contributed by atoms with van der Waals surface area (Å²) in [6.07, 6.45) is 3.30. The van der Waals surface area contributed by atoms with E-state index in [9.17, 15) is 4.79 Å². The molecule has 1 atom stereocenters. The monoisotopic (exact) mass is 259 g/mol. The summed E-state index contributed by atoms with van der Waals surface area (Å²) in [5.74, 6) is 0.000429. The summed E-state index contributed by atoms with van der Waals surface area (Å²) >= 11 is 0. The molecule has 0 bridgehead atoms. The van der Waals surface area contributed by atoms with Crippen LogP contribution in [0, 0.1) is 11.3 Å². The lowest BCUT2D eigenvalue weighted by molar-refractivity contribution is -0.121. The van der Waals surface area contributed by atoms with Crippen LogP contribution in [0.15, 0.2) is 24.3 Å². The Labute approximate surface area is 114 Å². The van der Waals surface area contributed by atoms with E-state index < -0.39 is 0 Å². The van der Waals surface area contributed by atoms with Gasteiger partial charge in [0.15, 0.2) is 0 Å². The SMILES string of the molecule is CCCCCNC(=O)C(C)Nc1ccc(C#N)cc1. The molecule has 0 aliphatic carbocycles. The maximum absolute atomic E-state index is 11.8. The van der Waals surface area contributed by atoms with Gasteiger partial charge < -0.3 is 10.6 Å². The minimum atomic E-state index is -0.283. The third-order valence-electron chi connectivity index (χ3n) is 2.87. The molecule has 0 radical (unpaired) electrons. The highest BCUT2D eigenvalue weighted by atomic mass is 16.2. The zero-order valence-corrected chi connectivity index (χ0v) is 11.6. The predicted molar refractivity (Wildman–Crippen MR) is 76.8 cm³/mol. The van der Waals surface area contributed by atoms with E-state index in [-0.39, 0.29) is 11.9 Å². The molecule has 0 saturated heterocycles. The standard InChI is InChI=1S/C15H21N3O/c1-3-4-5-10-17-15(19)12(2)18-14-8-6-13(11-16)7-9-14/h6-9,12,18H,3-5,10H2,1-2H3,(H,17,19). The second-order valence-corrected chi connectivity index (χ2v) is 4.55. The average molecular weight is 259 g/mol. The van der Waals surface area contributed by atoms with Crippen molar-refractivity contribution in [1.82, 2.24) is 5.32 Å². The maximum atomic E-state index is 11.8. The first kappa shape index (κ1) is 15.0. The number of nitriles is 1. The van der Waals surface area contributed by atoms with Crippen LogP contribution in [0.1, 0.15) is 38.7 Å². The Morgan fingerprint density at radius 3 is 2.58 bits per heavy atom. The number of amides is 1. The minimum Gasteiger partial charge on any atom is -0.374 e. The second-order valence-electron chi connectivity index (χ2n) is 4.55. The molecule has 1 unspecified atom stereocenters. The number of nitrogens with one attached hydrogen (secondary N) is 2.